The van der Waals surface area contributed by atoms with E-state index in [0.717, 1.165) is 23.4 Å². The Kier molecular flexibility index (Phi) is 4.56. The van der Waals surface area contributed by atoms with Crippen molar-refractivity contribution < 1.29 is 0 Å². The van der Waals surface area contributed by atoms with E-state index in [2.05, 4.69) is 18.5 Å². The fraction of sp³-hybridized carbons (Fsp3) is 0.308. The van der Waals surface area contributed by atoms with E-state index in [9.17, 15) is 0 Å². The lowest BCUT2D eigenvalue weighted by atomic mass is 10.1. The summed E-state index contributed by atoms with van der Waals surface area (Å²) in [5.41, 5.74) is 2.98. The highest BCUT2D eigenvalue weighted by Gasteiger charge is 2.02. The Morgan fingerprint density at radius 2 is 2.19 bits per heavy atom. The summed E-state index contributed by atoms with van der Waals surface area (Å²) in [5, 5.41) is 0.654. The standard InChI is InChI=1S/C13H17ClN2/c1-5-11-8-12(14)13(7-10(11)3)15-9-16(4)6-2/h5,7-9H,1,6H2,2-4H3. The summed E-state index contributed by atoms with van der Waals surface area (Å²) >= 11 is 6.13. The summed E-state index contributed by atoms with van der Waals surface area (Å²) in [6, 6.07) is 3.86. The van der Waals surface area contributed by atoms with Crippen molar-refractivity contribution in [2.24, 2.45) is 4.99 Å². The van der Waals surface area contributed by atoms with Crippen LogP contribution < -0.4 is 0 Å². The molecule has 0 aliphatic heterocycles. The van der Waals surface area contributed by atoms with Gasteiger partial charge in [0, 0.05) is 13.6 Å². The number of aliphatic imine (C=N–C) groups is 1. The highest BCUT2D eigenvalue weighted by atomic mass is 35.5. The van der Waals surface area contributed by atoms with Crippen LogP contribution in [0.2, 0.25) is 5.02 Å². The average molecular weight is 237 g/mol. The molecule has 0 fully saturated rings. The Morgan fingerprint density at radius 1 is 1.50 bits per heavy atom. The number of nitrogens with zero attached hydrogens (tertiary/aromatic N) is 2. The summed E-state index contributed by atoms with van der Waals surface area (Å²) in [4.78, 5) is 6.34. The predicted molar refractivity (Wildman–Crippen MR) is 72.7 cm³/mol. The quantitative estimate of drug-likeness (QED) is 0.572. The molecule has 0 radical (unpaired) electrons. The van der Waals surface area contributed by atoms with Crippen LogP contribution in [0, 0.1) is 6.92 Å². The summed E-state index contributed by atoms with van der Waals surface area (Å²) in [6.07, 6.45) is 3.58. The molecule has 0 heterocycles. The third-order valence-electron chi connectivity index (χ3n) is 2.45. The fourth-order valence-electron chi connectivity index (χ4n) is 1.24. The van der Waals surface area contributed by atoms with Gasteiger partial charge >= 0.3 is 0 Å². The highest BCUT2D eigenvalue weighted by molar-refractivity contribution is 6.33. The molecule has 0 bridgehead atoms. The van der Waals surface area contributed by atoms with Crippen LogP contribution in [0.15, 0.2) is 23.7 Å². The number of rotatable bonds is 4. The molecule has 1 rings (SSSR count). The molecule has 2 nitrogen and oxygen atoms in total. The molecule has 0 spiro atoms. The monoisotopic (exact) mass is 236 g/mol. The maximum atomic E-state index is 6.13. The van der Waals surface area contributed by atoms with Crippen LogP contribution in [0.3, 0.4) is 0 Å². The van der Waals surface area contributed by atoms with Gasteiger partial charge < -0.3 is 4.90 Å². The Bertz CT molecular complexity index is 411. The molecule has 0 saturated heterocycles. The van der Waals surface area contributed by atoms with Crippen LogP contribution >= 0.6 is 11.6 Å². The van der Waals surface area contributed by atoms with Gasteiger partial charge in [0.25, 0.3) is 0 Å². The first-order chi connectivity index (χ1) is 7.58. The van der Waals surface area contributed by atoms with Gasteiger partial charge in [0.05, 0.1) is 17.0 Å². The molecule has 0 aliphatic rings. The van der Waals surface area contributed by atoms with Crippen LogP contribution in [-0.2, 0) is 0 Å². The number of hydrogen-bond acceptors (Lipinski definition) is 1. The Morgan fingerprint density at radius 3 is 2.75 bits per heavy atom. The van der Waals surface area contributed by atoms with Crippen molar-refractivity contribution in [2.75, 3.05) is 13.6 Å². The molecule has 86 valence electrons. The molecular weight excluding hydrogens is 220 g/mol. The van der Waals surface area contributed by atoms with Gasteiger partial charge in [-0.3, -0.25) is 0 Å². The molecule has 1 aromatic carbocycles. The van der Waals surface area contributed by atoms with E-state index in [1.54, 1.807) is 12.4 Å². The van der Waals surface area contributed by atoms with Crippen molar-refractivity contribution in [3.05, 3.63) is 34.9 Å². The van der Waals surface area contributed by atoms with Gasteiger partial charge in [-0.05, 0) is 37.1 Å². The van der Waals surface area contributed by atoms with Crippen molar-refractivity contribution in [2.45, 2.75) is 13.8 Å². The topological polar surface area (TPSA) is 15.6 Å². The van der Waals surface area contributed by atoms with Gasteiger partial charge in [0.15, 0.2) is 0 Å². The molecule has 0 saturated carbocycles. The van der Waals surface area contributed by atoms with Gasteiger partial charge in [-0.15, -0.1) is 0 Å². The second kappa shape index (κ2) is 5.71. The predicted octanol–water partition coefficient (Wildman–Crippen LogP) is 3.90. The molecule has 16 heavy (non-hydrogen) atoms. The molecule has 0 amide bonds. The third kappa shape index (κ3) is 3.11. The molecule has 0 unspecified atom stereocenters. The van der Waals surface area contributed by atoms with Gasteiger partial charge in [0.1, 0.15) is 0 Å². The SMILES string of the molecule is C=Cc1cc(Cl)c(N=CN(C)CC)cc1C. The second-order valence-electron chi connectivity index (χ2n) is 3.68. The van der Waals surface area contributed by atoms with E-state index in [4.69, 9.17) is 11.6 Å². The highest BCUT2D eigenvalue weighted by Crippen LogP contribution is 2.28. The molecule has 0 atom stereocenters. The van der Waals surface area contributed by atoms with E-state index in [1.807, 2.05) is 31.0 Å². The minimum absolute atomic E-state index is 0.654. The smallest absolute Gasteiger partial charge is 0.0910 e. The van der Waals surface area contributed by atoms with Crippen molar-refractivity contribution in [3.8, 4) is 0 Å². The lowest BCUT2D eigenvalue weighted by molar-refractivity contribution is 0.552. The van der Waals surface area contributed by atoms with Crippen molar-refractivity contribution in [1.82, 2.24) is 4.90 Å². The van der Waals surface area contributed by atoms with Crippen LogP contribution in [0.4, 0.5) is 5.69 Å². The third-order valence-corrected chi connectivity index (χ3v) is 2.75. The first-order valence-electron chi connectivity index (χ1n) is 5.25. The lowest BCUT2D eigenvalue weighted by Crippen LogP contribution is -2.14. The summed E-state index contributed by atoms with van der Waals surface area (Å²) in [6.45, 7) is 8.76. The number of aryl methyl sites for hydroxylation is 1. The van der Waals surface area contributed by atoms with Crippen LogP contribution in [0.1, 0.15) is 18.1 Å². The zero-order valence-corrected chi connectivity index (χ0v) is 10.8. The molecular formula is C13H17ClN2. The average Bonchev–Trinajstić information content (AvgIpc) is 2.29. The molecule has 1 aromatic rings. The fourth-order valence-corrected chi connectivity index (χ4v) is 1.46. The van der Waals surface area contributed by atoms with Crippen LogP contribution in [0.25, 0.3) is 6.08 Å². The zero-order chi connectivity index (χ0) is 12.1. The molecule has 0 N–H and O–H groups in total. The van der Waals surface area contributed by atoms with E-state index < -0.39 is 0 Å². The van der Waals surface area contributed by atoms with Crippen molar-refractivity contribution in [1.29, 1.82) is 0 Å². The first kappa shape index (κ1) is 12.8. The maximum absolute atomic E-state index is 6.13. The van der Waals surface area contributed by atoms with Gasteiger partial charge in [-0.2, -0.15) is 0 Å². The summed E-state index contributed by atoms with van der Waals surface area (Å²) in [7, 11) is 1.97. The number of hydrogen-bond donors (Lipinski definition) is 0. The van der Waals surface area contributed by atoms with E-state index in [-0.39, 0.29) is 0 Å². The molecule has 0 aromatic heterocycles. The van der Waals surface area contributed by atoms with E-state index >= 15 is 0 Å². The van der Waals surface area contributed by atoms with Gasteiger partial charge in [-0.25, -0.2) is 4.99 Å². The maximum Gasteiger partial charge on any atom is 0.0910 e. The van der Waals surface area contributed by atoms with Gasteiger partial charge in [0.2, 0.25) is 0 Å². The minimum atomic E-state index is 0.654. The number of benzene rings is 1. The summed E-state index contributed by atoms with van der Waals surface area (Å²) in [5.74, 6) is 0. The Balaban J connectivity index is 3.02. The largest absolute Gasteiger partial charge is 0.366 e. The Labute approximate surface area is 102 Å². The first-order valence-corrected chi connectivity index (χ1v) is 5.63. The number of halogens is 1. The normalized spacial score (nSPS) is 10.8. The van der Waals surface area contributed by atoms with Crippen molar-refractivity contribution in [3.63, 3.8) is 0 Å². The van der Waals surface area contributed by atoms with Crippen LogP contribution in [-0.4, -0.2) is 24.8 Å². The minimum Gasteiger partial charge on any atom is -0.366 e. The van der Waals surface area contributed by atoms with Gasteiger partial charge in [-0.1, -0.05) is 24.3 Å². The van der Waals surface area contributed by atoms with E-state index in [1.165, 1.54) is 0 Å². The molecule has 0 aliphatic carbocycles. The van der Waals surface area contributed by atoms with Crippen molar-refractivity contribution >= 4 is 29.7 Å². The van der Waals surface area contributed by atoms with E-state index in [0.29, 0.717) is 5.02 Å². The second-order valence-corrected chi connectivity index (χ2v) is 4.09. The zero-order valence-electron chi connectivity index (χ0n) is 10.00. The Hall–Kier alpha value is -1.28. The lowest BCUT2D eigenvalue weighted by Gasteiger charge is -2.09. The molecule has 3 heteroatoms. The van der Waals surface area contributed by atoms with Crippen LogP contribution in [0.5, 0.6) is 0 Å². The summed E-state index contributed by atoms with van der Waals surface area (Å²) < 4.78 is 0.